The lowest BCUT2D eigenvalue weighted by molar-refractivity contribution is -0.140. The molecule has 4 aromatic carbocycles. The first-order valence-electron chi connectivity index (χ1n) is 45.6. The number of benzene rings is 4. The first kappa shape index (κ1) is 112. The minimum Gasteiger partial charge on any atom is -0.508 e. The molecule has 0 aliphatic carbocycles. The molecule has 5 aromatic rings. The summed E-state index contributed by atoms with van der Waals surface area (Å²) in [5, 5.41) is 103. The van der Waals surface area contributed by atoms with Crippen LogP contribution in [-0.2, 0) is 126 Å². The van der Waals surface area contributed by atoms with Crippen LogP contribution in [0.2, 0.25) is 0 Å². The third kappa shape index (κ3) is 36.0. The molecule has 0 radical (unpaired) electrons. The predicted molar refractivity (Wildman–Crippen MR) is 497 cm³/mol. The molecule has 760 valence electrons. The Labute approximate surface area is 804 Å². The number of H-pyrrole nitrogens is 1. The molecule has 16 atom stereocenters. The van der Waals surface area contributed by atoms with Crippen LogP contribution in [0.5, 0.6) is 11.5 Å². The minimum absolute atomic E-state index is 0.0612. The molecule has 1 aromatic heterocycles. The fourth-order valence-electron chi connectivity index (χ4n) is 15.1. The molecule has 7 rings (SSSR count). The van der Waals surface area contributed by atoms with E-state index in [-0.39, 0.29) is 56.7 Å². The number of phenols is 2. The maximum absolute atomic E-state index is 15.1. The zero-order valence-electron chi connectivity index (χ0n) is 78.1. The zero-order chi connectivity index (χ0) is 103. The topological polar surface area (TPSA) is 755 Å². The summed E-state index contributed by atoms with van der Waals surface area (Å²) >= 11 is 0. The van der Waals surface area contributed by atoms with Crippen LogP contribution in [0.15, 0.2) is 109 Å². The van der Waals surface area contributed by atoms with Gasteiger partial charge in [0.05, 0.1) is 44.8 Å². The smallest absolute Gasteiger partial charge is 0.322 e. The van der Waals surface area contributed by atoms with Crippen LogP contribution in [0.25, 0.3) is 10.9 Å². The quantitative estimate of drug-likeness (QED) is 0.0161. The van der Waals surface area contributed by atoms with Gasteiger partial charge in [-0.1, -0.05) is 107 Å². The molecule has 2 saturated heterocycles. The number of primary amides is 1. The fourth-order valence-corrected chi connectivity index (χ4v) is 15.1. The molecule has 0 bridgehead atoms. The number of aliphatic hydroxyl groups excluding tert-OH is 2. The van der Waals surface area contributed by atoms with E-state index in [0.717, 1.165) is 13.8 Å². The molecule has 0 spiro atoms. The maximum atomic E-state index is 15.1. The maximum Gasteiger partial charge on any atom is 0.322 e. The molecule has 2 aliphatic heterocycles. The number of nitrogens with two attached hydrogens (primary N) is 2. The highest BCUT2D eigenvalue weighted by Crippen LogP contribution is 2.24. The molecule has 48 heteroatoms. The Morgan fingerprint density at radius 1 is 0.493 bits per heavy atom. The van der Waals surface area contributed by atoms with E-state index >= 15 is 19.2 Å². The van der Waals surface area contributed by atoms with Crippen molar-refractivity contribution >= 4 is 135 Å². The van der Waals surface area contributed by atoms with Gasteiger partial charge in [-0.15, -0.1) is 0 Å². The van der Waals surface area contributed by atoms with Gasteiger partial charge in [0.25, 0.3) is 0 Å². The van der Waals surface area contributed by atoms with Crippen LogP contribution in [0.3, 0.4) is 0 Å². The number of carboxylic acid groups (broad SMARTS) is 2. The number of aliphatic hydroxyl groups is 2. The summed E-state index contributed by atoms with van der Waals surface area (Å²) in [5.41, 5.74) is 13.2. The number of para-hydroxylation sites is 1. The molecule has 2 fully saturated rings. The average Bonchev–Trinajstić information content (AvgIpc) is 1.68. The SMILES string of the molecule is CC[C@H](C)[C@@H]1NC(=O)[C@H]2CCCN2C(=O)CNC(=O)[C@@H](CCCCN)NC(=O)CNC(=O)CNC(=O)CC[C@@H](C(=O)N[C@@H](C(=O)N[C@@H](Cc2c[nH]c3ccccc23)C(=O)N[C@@H](C(=O)N[C@@H](C(=O)N[C@H](CCC(=O)O)C(=O)NCC(=O)N[C@H](CC(N)=O)C(=O)N[C@@H](Cc2ccc(O)cc2)C(=O)N[C@@H](Cc2ccc(O)cc2)C(=O)NCC(=O)O)[C@@H](C)O)C(C)C)[C@H](C)O)NC(=O)[C@H](Cc2ccccc2)NC1=O. The molecule has 0 saturated carbocycles. The van der Waals surface area contributed by atoms with Crippen LogP contribution in [0.1, 0.15) is 134 Å². The van der Waals surface area contributed by atoms with Crippen molar-refractivity contribution in [2.24, 2.45) is 23.3 Å². The number of amides is 19. The lowest BCUT2D eigenvalue weighted by atomic mass is 9.96. The monoisotopic (exact) mass is 1960 g/mol. The van der Waals surface area contributed by atoms with E-state index in [1.54, 1.807) is 68.4 Å². The normalized spacial score (nSPS) is 18.9. The number of aromatic nitrogens is 1. The van der Waals surface area contributed by atoms with Crippen molar-refractivity contribution in [1.82, 2.24) is 100 Å². The number of carboxylic acids is 2. The van der Waals surface area contributed by atoms with E-state index in [4.69, 9.17) is 11.5 Å². The van der Waals surface area contributed by atoms with Crippen molar-refractivity contribution in [3.8, 4) is 11.5 Å². The largest absolute Gasteiger partial charge is 0.508 e. The van der Waals surface area contributed by atoms with Gasteiger partial charge in [0.1, 0.15) is 96.6 Å². The predicted octanol–water partition coefficient (Wildman–Crippen LogP) is -6.55. The number of nitrogens with zero attached hydrogens (tertiary/aromatic N) is 1. The van der Waals surface area contributed by atoms with E-state index in [0.29, 0.717) is 52.4 Å². The number of carbonyl (C=O) groups excluding carboxylic acids is 19. The highest BCUT2D eigenvalue weighted by molar-refractivity contribution is 6.02. The number of fused-ring (bicyclic) bond motifs is 2. The highest BCUT2D eigenvalue weighted by atomic mass is 16.4. The average molecular weight is 1960 g/mol. The molecule has 48 nitrogen and oxygen atoms in total. The van der Waals surface area contributed by atoms with Crippen LogP contribution in [0.4, 0.5) is 0 Å². The van der Waals surface area contributed by atoms with Crippen molar-refractivity contribution < 1.29 is 131 Å². The number of aromatic hydroxyl groups is 2. The van der Waals surface area contributed by atoms with Gasteiger partial charge in [-0.2, -0.15) is 0 Å². The van der Waals surface area contributed by atoms with E-state index in [1.807, 2.05) is 0 Å². The summed E-state index contributed by atoms with van der Waals surface area (Å²) in [4.78, 5) is 296. The van der Waals surface area contributed by atoms with E-state index in [9.17, 15) is 112 Å². The molecule has 140 heavy (non-hydrogen) atoms. The first-order chi connectivity index (χ1) is 66.4. The Balaban J connectivity index is 1.11. The van der Waals surface area contributed by atoms with Crippen LogP contribution >= 0.6 is 0 Å². The number of nitrogens with one attached hydrogen (secondary N) is 18. The summed E-state index contributed by atoms with van der Waals surface area (Å²) in [6, 6.07) is 3.41. The molecule has 0 unspecified atom stereocenters. The lowest BCUT2D eigenvalue weighted by Crippen LogP contribution is -2.63. The van der Waals surface area contributed by atoms with Crippen molar-refractivity contribution in [2.45, 2.75) is 229 Å². The summed E-state index contributed by atoms with van der Waals surface area (Å²) in [6.45, 7) is 4.61. The second-order valence-corrected chi connectivity index (χ2v) is 34.4. The third-order valence-corrected chi connectivity index (χ3v) is 23.1. The van der Waals surface area contributed by atoms with E-state index in [1.165, 1.54) is 73.5 Å². The zero-order valence-corrected chi connectivity index (χ0v) is 78.1. The second-order valence-electron chi connectivity index (χ2n) is 34.4. The number of rotatable bonds is 43. The van der Waals surface area contributed by atoms with Crippen molar-refractivity contribution in [3.05, 3.63) is 132 Å². The summed E-state index contributed by atoms with van der Waals surface area (Å²) in [7, 11) is 0. The van der Waals surface area contributed by atoms with Gasteiger partial charge in [-0.05, 0) is 130 Å². The van der Waals surface area contributed by atoms with Gasteiger partial charge in [-0.25, -0.2) is 0 Å². The Morgan fingerprint density at radius 2 is 1.04 bits per heavy atom. The van der Waals surface area contributed by atoms with Crippen molar-refractivity contribution in [2.75, 3.05) is 45.8 Å². The second kappa shape index (κ2) is 55.2. The van der Waals surface area contributed by atoms with E-state index < -0.39 is 304 Å². The molecule has 28 N–H and O–H groups in total. The Kier molecular flexibility index (Phi) is 44.1. The van der Waals surface area contributed by atoms with Gasteiger partial charge in [0.2, 0.25) is 112 Å². The molecule has 19 amide bonds. The van der Waals surface area contributed by atoms with Gasteiger partial charge in [-0.3, -0.25) is 101 Å². The van der Waals surface area contributed by atoms with Crippen LogP contribution in [0, 0.1) is 11.8 Å². The summed E-state index contributed by atoms with van der Waals surface area (Å²) in [6.07, 6.45) is -5.98. The lowest BCUT2D eigenvalue weighted by Gasteiger charge is -2.31. The number of carbonyl (C=O) groups is 21. The van der Waals surface area contributed by atoms with Crippen LogP contribution < -0.4 is 102 Å². The highest BCUT2D eigenvalue weighted by Gasteiger charge is 2.43. The third-order valence-electron chi connectivity index (χ3n) is 23.1. The van der Waals surface area contributed by atoms with Gasteiger partial charge < -0.3 is 142 Å². The summed E-state index contributed by atoms with van der Waals surface area (Å²) < 4.78 is 0. The van der Waals surface area contributed by atoms with Crippen LogP contribution in [-0.4, -0.2) is 301 Å². The molecule has 2 aliphatic rings. The van der Waals surface area contributed by atoms with Crippen molar-refractivity contribution in [3.63, 3.8) is 0 Å². The number of aliphatic carboxylic acids is 2. The Hall–Kier alpha value is -15.2. The first-order valence-corrected chi connectivity index (χ1v) is 45.6. The van der Waals surface area contributed by atoms with Gasteiger partial charge in [0, 0.05) is 62.2 Å². The molecular formula is C92H125N21O27. The van der Waals surface area contributed by atoms with E-state index in [2.05, 4.69) is 95.4 Å². The number of phenolic OH excluding ortho intramolecular Hbond substituents is 2. The number of hydrogen-bond donors (Lipinski definition) is 26. The minimum atomic E-state index is -2.09. The molecular weight excluding hydrogens is 1830 g/mol. The number of aromatic amines is 1. The van der Waals surface area contributed by atoms with Gasteiger partial charge >= 0.3 is 11.9 Å². The fraction of sp³-hybridized carbons (Fsp3) is 0.489. The standard InChI is InChI=1S/C92H125N21O27/c1-7-48(4)77-90(138)107-64(36-51-16-9-8-10-17-51)84(132)103-61(30-32-69(119)96-42-70(120)97-43-71(121)101-59(20-13-14-34-93)80(128)99-45-73(123)113-35-15-21-67(113)88(136)110-77)83(131)111-78(49(5)114)92(140)108-65(39-54-41-95-58-19-12-11-18-57(54)58)87(135)109-76(47(2)3)89(137)112-79(50(6)115)91(139)104-60(31-33-74(124)125)81(129)98-44-72(122)102-66(40-68(94)118)86(134)106-63(38-53-24-28-56(117)29-25-53)85(133)105-62(82(130)100-46-75(126)127)37-52-22-26-55(116)27-23-52/h8-12,16-19,22-29,41,47-50,59-67,76-79,95,114-117H,7,13-15,20-21,30-40,42-46,93H2,1-6H3,(H2,94,118)(H,96,119)(H,97,120)(H,98,129)(H,99,128)(H,100,130)(H,101,121)(H,102,122)(H,103,132)(H,104,139)(H,105,133)(H,106,134)(H,107,138)(H,108,140)(H,109,135)(H,110,136)(H,111,131)(H,112,137)(H,124,125)(H,126,127)/t48-,49-,50+,59+,60+,61-,62-,63-,64-,65-,66+,67+,76+,77-,78+,79+/m0/s1. The van der Waals surface area contributed by atoms with Gasteiger partial charge in [0.15, 0.2) is 0 Å². The number of unbranched alkanes of at least 4 members (excludes halogenated alkanes) is 1. The summed E-state index contributed by atoms with van der Waals surface area (Å²) in [5.74, 6) is -25.1. The van der Waals surface area contributed by atoms with Crippen molar-refractivity contribution in [1.29, 1.82) is 0 Å². The molecule has 3 heterocycles. The number of hydrogen-bond acceptors (Lipinski definition) is 26. The Bertz CT molecular complexity index is 5230. The Morgan fingerprint density at radius 3 is 1.64 bits per heavy atom.